The van der Waals surface area contributed by atoms with E-state index in [0.717, 1.165) is 17.9 Å². The van der Waals surface area contributed by atoms with Crippen LogP contribution in [0, 0.1) is 6.92 Å². The molecule has 0 fully saturated rings. The number of hydrogen-bond donors (Lipinski definition) is 3. The second-order valence-corrected chi connectivity index (χ2v) is 4.38. The molecule has 5 nitrogen and oxygen atoms in total. The highest BCUT2D eigenvalue weighted by atomic mass is 15.3. The van der Waals surface area contributed by atoms with Crippen molar-refractivity contribution in [3.8, 4) is 0 Å². The molecule has 0 spiro atoms. The minimum atomic E-state index is 0.223. The average Bonchev–Trinajstić information content (AvgIpc) is 2.45. The van der Waals surface area contributed by atoms with Gasteiger partial charge in [0.15, 0.2) is 0 Å². The van der Waals surface area contributed by atoms with Gasteiger partial charge in [-0.25, -0.2) is 10.8 Å². The van der Waals surface area contributed by atoms with Crippen molar-refractivity contribution in [2.75, 3.05) is 10.7 Å². The molecule has 1 aromatic heterocycles. The van der Waals surface area contributed by atoms with Crippen molar-refractivity contribution in [3.05, 3.63) is 47.7 Å². The van der Waals surface area contributed by atoms with Gasteiger partial charge in [0.05, 0.1) is 6.04 Å². The number of rotatable bonds is 5. The van der Waals surface area contributed by atoms with Crippen LogP contribution in [0.15, 0.2) is 36.4 Å². The predicted octanol–water partition coefficient (Wildman–Crippen LogP) is 2.63. The molecule has 5 heteroatoms. The molecule has 1 aromatic carbocycles. The maximum atomic E-state index is 5.36. The molecule has 2 aromatic rings. The molecular formula is C14H19N5. The van der Waals surface area contributed by atoms with Crippen LogP contribution >= 0.6 is 0 Å². The highest BCUT2D eigenvalue weighted by Gasteiger charge is 2.10. The second-order valence-electron chi connectivity index (χ2n) is 4.38. The number of aryl methyl sites for hydroxylation is 1. The van der Waals surface area contributed by atoms with E-state index in [9.17, 15) is 0 Å². The van der Waals surface area contributed by atoms with Crippen LogP contribution in [-0.2, 0) is 0 Å². The summed E-state index contributed by atoms with van der Waals surface area (Å²) >= 11 is 0. The van der Waals surface area contributed by atoms with Crippen molar-refractivity contribution in [3.63, 3.8) is 0 Å². The van der Waals surface area contributed by atoms with Crippen LogP contribution < -0.4 is 16.6 Å². The van der Waals surface area contributed by atoms with E-state index in [-0.39, 0.29) is 6.04 Å². The quantitative estimate of drug-likeness (QED) is 0.567. The Morgan fingerprint density at radius 3 is 2.58 bits per heavy atom. The van der Waals surface area contributed by atoms with E-state index >= 15 is 0 Å². The minimum Gasteiger partial charge on any atom is -0.363 e. The summed E-state index contributed by atoms with van der Waals surface area (Å²) in [5.41, 5.74) is 4.59. The SMILES string of the molecule is CCC(Nc1cc(C)nc(NN)n1)c1ccccc1. The molecule has 1 atom stereocenters. The molecule has 4 N–H and O–H groups in total. The van der Waals surface area contributed by atoms with Gasteiger partial charge >= 0.3 is 0 Å². The Balaban J connectivity index is 2.21. The molecule has 0 saturated heterocycles. The van der Waals surface area contributed by atoms with Gasteiger partial charge in [-0.2, -0.15) is 4.98 Å². The highest BCUT2D eigenvalue weighted by Crippen LogP contribution is 2.22. The van der Waals surface area contributed by atoms with Crippen molar-refractivity contribution in [1.82, 2.24) is 9.97 Å². The number of anilines is 2. The van der Waals surface area contributed by atoms with E-state index in [0.29, 0.717) is 5.95 Å². The van der Waals surface area contributed by atoms with Crippen LogP contribution in [0.1, 0.15) is 30.6 Å². The molecule has 1 heterocycles. The Labute approximate surface area is 113 Å². The molecular weight excluding hydrogens is 238 g/mol. The number of nitrogen functional groups attached to an aromatic ring is 1. The Kier molecular flexibility index (Phi) is 4.30. The second kappa shape index (κ2) is 6.15. The minimum absolute atomic E-state index is 0.223. The molecule has 0 amide bonds. The van der Waals surface area contributed by atoms with E-state index < -0.39 is 0 Å². The van der Waals surface area contributed by atoms with Crippen LogP contribution in [0.4, 0.5) is 11.8 Å². The number of nitrogens with one attached hydrogen (secondary N) is 2. The molecule has 0 aliphatic carbocycles. The first kappa shape index (κ1) is 13.3. The summed E-state index contributed by atoms with van der Waals surface area (Å²) in [4.78, 5) is 8.48. The standard InChI is InChI=1S/C14H19N5/c1-3-12(11-7-5-4-6-8-11)17-13-9-10(2)16-14(18-13)19-15/h4-9,12H,3,15H2,1-2H3,(H2,16,17,18,19). The lowest BCUT2D eigenvalue weighted by atomic mass is 10.0. The number of nitrogens with two attached hydrogens (primary N) is 1. The van der Waals surface area contributed by atoms with Crippen molar-refractivity contribution in [2.24, 2.45) is 5.84 Å². The zero-order chi connectivity index (χ0) is 13.7. The number of hydrogen-bond acceptors (Lipinski definition) is 5. The monoisotopic (exact) mass is 257 g/mol. The average molecular weight is 257 g/mol. The normalized spacial score (nSPS) is 11.9. The van der Waals surface area contributed by atoms with Gasteiger partial charge in [0, 0.05) is 11.8 Å². The summed E-state index contributed by atoms with van der Waals surface area (Å²) in [6.07, 6.45) is 0.971. The van der Waals surface area contributed by atoms with E-state index in [2.05, 4.69) is 39.8 Å². The van der Waals surface area contributed by atoms with Crippen molar-refractivity contribution < 1.29 is 0 Å². The summed E-state index contributed by atoms with van der Waals surface area (Å²) in [6.45, 7) is 4.05. The number of aromatic nitrogens is 2. The zero-order valence-corrected chi connectivity index (χ0v) is 11.2. The topological polar surface area (TPSA) is 75.9 Å². The fraction of sp³-hybridized carbons (Fsp3) is 0.286. The summed E-state index contributed by atoms with van der Waals surface area (Å²) in [6, 6.07) is 12.4. The lowest BCUT2D eigenvalue weighted by Gasteiger charge is -2.18. The molecule has 0 radical (unpaired) electrons. The van der Waals surface area contributed by atoms with Gasteiger partial charge in [-0.3, -0.25) is 5.43 Å². The lowest BCUT2D eigenvalue weighted by Crippen LogP contribution is -2.15. The van der Waals surface area contributed by atoms with Gasteiger partial charge in [0.25, 0.3) is 0 Å². The first-order chi connectivity index (χ1) is 9.22. The van der Waals surface area contributed by atoms with E-state index in [1.54, 1.807) is 0 Å². The molecule has 19 heavy (non-hydrogen) atoms. The number of nitrogens with zero attached hydrogens (tertiary/aromatic N) is 2. The Bertz CT molecular complexity index is 527. The van der Waals surface area contributed by atoms with Gasteiger partial charge in [0.1, 0.15) is 5.82 Å². The largest absolute Gasteiger partial charge is 0.363 e. The maximum absolute atomic E-state index is 5.36. The van der Waals surface area contributed by atoms with Crippen LogP contribution in [0.2, 0.25) is 0 Å². The third kappa shape index (κ3) is 3.42. The summed E-state index contributed by atoms with van der Waals surface area (Å²) in [7, 11) is 0. The van der Waals surface area contributed by atoms with Crippen molar-refractivity contribution in [1.29, 1.82) is 0 Å². The fourth-order valence-electron chi connectivity index (χ4n) is 1.99. The Hall–Kier alpha value is -2.14. The van der Waals surface area contributed by atoms with Crippen LogP contribution in [-0.4, -0.2) is 9.97 Å². The summed E-state index contributed by atoms with van der Waals surface area (Å²) in [5, 5.41) is 3.41. The Morgan fingerprint density at radius 2 is 1.95 bits per heavy atom. The molecule has 1 unspecified atom stereocenters. The molecule has 0 saturated carbocycles. The van der Waals surface area contributed by atoms with Gasteiger partial charge in [0.2, 0.25) is 5.95 Å². The molecule has 2 rings (SSSR count). The lowest BCUT2D eigenvalue weighted by molar-refractivity contribution is 0.743. The third-order valence-corrected chi connectivity index (χ3v) is 2.92. The maximum Gasteiger partial charge on any atom is 0.239 e. The molecule has 0 bridgehead atoms. The van der Waals surface area contributed by atoms with Crippen molar-refractivity contribution >= 4 is 11.8 Å². The smallest absolute Gasteiger partial charge is 0.239 e. The van der Waals surface area contributed by atoms with Crippen LogP contribution in [0.3, 0.4) is 0 Å². The van der Waals surface area contributed by atoms with E-state index in [1.165, 1.54) is 5.56 Å². The van der Waals surface area contributed by atoms with Gasteiger partial charge in [-0.05, 0) is 18.9 Å². The Morgan fingerprint density at radius 1 is 1.21 bits per heavy atom. The van der Waals surface area contributed by atoms with Crippen LogP contribution in [0.25, 0.3) is 0 Å². The first-order valence-electron chi connectivity index (χ1n) is 6.36. The van der Waals surface area contributed by atoms with Crippen LogP contribution in [0.5, 0.6) is 0 Å². The highest BCUT2D eigenvalue weighted by molar-refractivity contribution is 5.43. The van der Waals surface area contributed by atoms with Crippen molar-refractivity contribution in [2.45, 2.75) is 26.3 Å². The molecule has 100 valence electrons. The molecule has 0 aliphatic heterocycles. The van der Waals surface area contributed by atoms with E-state index in [4.69, 9.17) is 5.84 Å². The number of hydrazine groups is 1. The summed E-state index contributed by atoms with van der Waals surface area (Å²) in [5.74, 6) is 6.56. The fourth-order valence-corrected chi connectivity index (χ4v) is 1.99. The predicted molar refractivity (Wildman–Crippen MR) is 77.7 cm³/mol. The molecule has 0 aliphatic rings. The zero-order valence-electron chi connectivity index (χ0n) is 11.2. The van der Waals surface area contributed by atoms with Gasteiger partial charge in [-0.15, -0.1) is 0 Å². The van der Waals surface area contributed by atoms with Gasteiger partial charge in [-0.1, -0.05) is 37.3 Å². The third-order valence-electron chi connectivity index (χ3n) is 2.92. The number of benzene rings is 1. The van der Waals surface area contributed by atoms with E-state index in [1.807, 2.05) is 31.2 Å². The summed E-state index contributed by atoms with van der Waals surface area (Å²) < 4.78 is 0. The van der Waals surface area contributed by atoms with Gasteiger partial charge < -0.3 is 5.32 Å². The first-order valence-corrected chi connectivity index (χ1v) is 6.36.